The predicted molar refractivity (Wildman–Crippen MR) is 85.5 cm³/mol. The Bertz CT molecular complexity index is 827. The molecular formula is C17H17FN2O3S. The molecule has 5 nitrogen and oxygen atoms in total. The third-order valence-corrected chi connectivity index (χ3v) is 6.69. The summed E-state index contributed by atoms with van der Waals surface area (Å²) >= 11 is 0. The Kier molecular flexibility index (Phi) is 3.77. The number of fused-ring (bicyclic) bond motifs is 2. The van der Waals surface area contributed by atoms with E-state index in [4.69, 9.17) is 4.74 Å². The highest BCUT2D eigenvalue weighted by Gasteiger charge is 2.53. The molecule has 4 rings (SSSR count). The zero-order chi connectivity index (χ0) is 16.7. The lowest BCUT2D eigenvalue weighted by Crippen LogP contribution is -2.40. The summed E-state index contributed by atoms with van der Waals surface area (Å²) in [4.78, 5) is 4.15. The fraction of sp³-hybridized carbons (Fsp3) is 0.353. The number of benzene rings is 1. The van der Waals surface area contributed by atoms with Gasteiger partial charge in [0.15, 0.2) is 0 Å². The molecule has 1 aromatic carbocycles. The molecule has 0 unspecified atom stereocenters. The van der Waals surface area contributed by atoms with E-state index in [1.54, 1.807) is 18.5 Å². The topological polar surface area (TPSA) is 59.5 Å². The van der Waals surface area contributed by atoms with Gasteiger partial charge in [-0.2, -0.15) is 4.31 Å². The van der Waals surface area contributed by atoms with Gasteiger partial charge in [-0.25, -0.2) is 12.8 Å². The molecule has 1 aromatic heterocycles. The monoisotopic (exact) mass is 348 g/mol. The number of halogens is 1. The predicted octanol–water partition coefficient (Wildman–Crippen LogP) is 2.45. The van der Waals surface area contributed by atoms with Gasteiger partial charge in [-0.3, -0.25) is 4.98 Å². The highest BCUT2D eigenvalue weighted by atomic mass is 32.2. The fourth-order valence-corrected chi connectivity index (χ4v) is 5.38. The molecule has 0 amide bonds. The lowest BCUT2D eigenvalue weighted by Gasteiger charge is -2.26. The Hall–Kier alpha value is -1.99. The average molecular weight is 348 g/mol. The first kappa shape index (κ1) is 15.5. The van der Waals surface area contributed by atoms with E-state index in [-0.39, 0.29) is 23.0 Å². The normalized spacial score (nSPS) is 26.6. The van der Waals surface area contributed by atoms with Gasteiger partial charge in [0, 0.05) is 18.7 Å². The molecule has 2 aromatic rings. The van der Waals surface area contributed by atoms with E-state index < -0.39 is 15.8 Å². The Labute approximate surface area is 140 Å². The zero-order valence-electron chi connectivity index (χ0n) is 12.9. The lowest BCUT2D eigenvalue weighted by atomic mass is 10.1. The van der Waals surface area contributed by atoms with Crippen molar-refractivity contribution in [2.24, 2.45) is 5.92 Å². The largest absolute Gasteiger partial charge is 0.487 e. The molecule has 1 aliphatic heterocycles. The summed E-state index contributed by atoms with van der Waals surface area (Å²) in [5.41, 5.74) is 0. The average Bonchev–Trinajstić information content (AvgIpc) is 3.13. The van der Waals surface area contributed by atoms with E-state index in [1.165, 1.54) is 28.6 Å². The van der Waals surface area contributed by atoms with Crippen molar-refractivity contribution in [1.29, 1.82) is 0 Å². The van der Waals surface area contributed by atoms with Crippen molar-refractivity contribution in [2.75, 3.05) is 6.54 Å². The lowest BCUT2D eigenvalue weighted by molar-refractivity contribution is 0.167. The van der Waals surface area contributed by atoms with Gasteiger partial charge in [-0.15, -0.1) is 0 Å². The van der Waals surface area contributed by atoms with Crippen molar-refractivity contribution >= 4 is 10.0 Å². The van der Waals surface area contributed by atoms with Crippen LogP contribution in [0.3, 0.4) is 0 Å². The van der Waals surface area contributed by atoms with Crippen LogP contribution in [0.5, 0.6) is 5.75 Å². The summed E-state index contributed by atoms with van der Waals surface area (Å²) in [6.45, 7) is 0.440. The van der Waals surface area contributed by atoms with Crippen LogP contribution in [0.1, 0.15) is 12.8 Å². The number of sulfonamides is 1. The Morgan fingerprint density at radius 2 is 1.96 bits per heavy atom. The molecule has 2 bridgehead atoms. The third-order valence-electron chi connectivity index (χ3n) is 4.79. The molecule has 2 heterocycles. The number of hydrogen-bond acceptors (Lipinski definition) is 4. The van der Waals surface area contributed by atoms with Gasteiger partial charge in [0.05, 0.1) is 17.1 Å². The molecule has 0 radical (unpaired) electrons. The van der Waals surface area contributed by atoms with Crippen LogP contribution in [0.15, 0.2) is 53.7 Å². The van der Waals surface area contributed by atoms with Crippen LogP contribution in [0, 0.1) is 11.7 Å². The van der Waals surface area contributed by atoms with Crippen molar-refractivity contribution < 1.29 is 17.5 Å². The summed E-state index contributed by atoms with van der Waals surface area (Å²) in [7, 11) is -3.64. The maximum Gasteiger partial charge on any atom is 0.243 e. The minimum Gasteiger partial charge on any atom is -0.487 e. The minimum absolute atomic E-state index is 0.122. The van der Waals surface area contributed by atoms with Gasteiger partial charge in [0.2, 0.25) is 10.0 Å². The van der Waals surface area contributed by atoms with Gasteiger partial charge in [0.1, 0.15) is 17.7 Å². The summed E-state index contributed by atoms with van der Waals surface area (Å²) in [6.07, 6.45) is 4.86. The molecule has 2 fully saturated rings. The Morgan fingerprint density at radius 3 is 2.67 bits per heavy atom. The van der Waals surface area contributed by atoms with Gasteiger partial charge < -0.3 is 4.74 Å². The SMILES string of the molecule is O=S(=O)(c1ccc(F)cc1)N1C[C@H]2CC[C@H]1[C@@H]2Oc1cccnc1. The molecule has 24 heavy (non-hydrogen) atoms. The number of rotatable bonds is 4. The number of pyridine rings is 1. The van der Waals surface area contributed by atoms with E-state index in [9.17, 15) is 12.8 Å². The van der Waals surface area contributed by atoms with Crippen molar-refractivity contribution in [3.63, 3.8) is 0 Å². The van der Waals surface area contributed by atoms with E-state index in [0.717, 1.165) is 12.8 Å². The maximum atomic E-state index is 13.1. The van der Waals surface area contributed by atoms with Crippen LogP contribution in [-0.2, 0) is 10.0 Å². The standard InChI is InChI=1S/C17H17FN2O3S/c18-13-4-6-15(7-5-13)24(21,22)20-11-12-3-8-16(20)17(12)23-14-2-1-9-19-10-14/h1-2,4-7,9-10,12,16-17H,3,8,11H2/t12-,16+,17-/m1/s1. The van der Waals surface area contributed by atoms with Crippen molar-refractivity contribution in [3.05, 3.63) is 54.6 Å². The van der Waals surface area contributed by atoms with Crippen LogP contribution in [0.4, 0.5) is 4.39 Å². The van der Waals surface area contributed by atoms with Crippen molar-refractivity contribution in [3.8, 4) is 5.75 Å². The Balaban J connectivity index is 1.59. The smallest absolute Gasteiger partial charge is 0.243 e. The second-order valence-electron chi connectivity index (χ2n) is 6.20. The van der Waals surface area contributed by atoms with Gasteiger partial charge in [0.25, 0.3) is 0 Å². The summed E-state index contributed by atoms with van der Waals surface area (Å²) in [5.74, 6) is 0.375. The fourth-order valence-electron chi connectivity index (χ4n) is 3.66. The molecule has 1 aliphatic carbocycles. The number of aromatic nitrogens is 1. The van der Waals surface area contributed by atoms with Crippen LogP contribution in [0.2, 0.25) is 0 Å². The number of hydrogen-bond donors (Lipinski definition) is 0. The van der Waals surface area contributed by atoms with Gasteiger partial charge in [-0.05, 0) is 49.2 Å². The number of piperidine rings is 1. The molecule has 0 N–H and O–H groups in total. The van der Waals surface area contributed by atoms with Crippen molar-refractivity contribution in [1.82, 2.24) is 9.29 Å². The first-order valence-corrected chi connectivity index (χ1v) is 9.34. The highest BCUT2D eigenvalue weighted by Crippen LogP contribution is 2.42. The number of nitrogens with zero attached hydrogens (tertiary/aromatic N) is 2. The number of ether oxygens (including phenoxy) is 1. The summed E-state index contributed by atoms with van der Waals surface area (Å²) in [5, 5.41) is 0. The van der Waals surface area contributed by atoms with Crippen LogP contribution < -0.4 is 4.74 Å². The van der Waals surface area contributed by atoms with E-state index in [1.807, 2.05) is 6.07 Å². The van der Waals surface area contributed by atoms with Gasteiger partial charge >= 0.3 is 0 Å². The third kappa shape index (κ3) is 2.57. The van der Waals surface area contributed by atoms with Crippen molar-refractivity contribution in [2.45, 2.75) is 29.9 Å². The second kappa shape index (κ2) is 5.82. The maximum absolute atomic E-state index is 13.1. The first-order valence-electron chi connectivity index (χ1n) is 7.90. The van der Waals surface area contributed by atoms with Crippen LogP contribution in [-0.4, -0.2) is 36.4 Å². The molecular weight excluding hydrogens is 331 g/mol. The van der Waals surface area contributed by atoms with E-state index in [0.29, 0.717) is 12.3 Å². The quantitative estimate of drug-likeness (QED) is 0.852. The zero-order valence-corrected chi connectivity index (χ0v) is 13.7. The minimum atomic E-state index is -3.64. The van der Waals surface area contributed by atoms with Crippen LogP contribution >= 0.6 is 0 Å². The second-order valence-corrected chi connectivity index (χ2v) is 8.10. The highest BCUT2D eigenvalue weighted by molar-refractivity contribution is 7.89. The molecule has 0 spiro atoms. The molecule has 1 saturated heterocycles. The first-order chi connectivity index (χ1) is 11.6. The molecule has 2 aliphatic rings. The molecule has 1 saturated carbocycles. The van der Waals surface area contributed by atoms with Crippen LogP contribution in [0.25, 0.3) is 0 Å². The Morgan fingerprint density at radius 1 is 1.17 bits per heavy atom. The summed E-state index contributed by atoms with van der Waals surface area (Å²) in [6, 6.07) is 8.39. The van der Waals surface area contributed by atoms with Gasteiger partial charge in [-0.1, -0.05) is 0 Å². The molecule has 126 valence electrons. The molecule has 3 atom stereocenters. The summed E-state index contributed by atoms with van der Waals surface area (Å²) < 4.78 is 46.3. The van der Waals surface area contributed by atoms with E-state index >= 15 is 0 Å². The molecule has 7 heteroatoms. The van der Waals surface area contributed by atoms with E-state index in [2.05, 4.69) is 4.98 Å².